The van der Waals surface area contributed by atoms with Crippen LogP contribution in [-0.2, 0) is 23.6 Å². The van der Waals surface area contributed by atoms with Crippen molar-refractivity contribution in [3.63, 3.8) is 0 Å². The zero-order valence-corrected chi connectivity index (χ0v) is 14.6. The number of rotatable bonds is 5. The first-order chi connectivity index (χ1) is 11.3. The second-order valence-corrected chi connectivity index (χ2v) is 7.56. The van der Waals surface area contributed by atoms with E-state index in [0.29, 0.717) is 17.7 Å². The van der Waals surface area contributed by atoms with Crippen molar-refractivity contribution in [3.8, 4) is 0 Å². The molecular weight excluding hydrogens is 326 g/mol. The summed E-state index contributed by atoms with van der Waals surface area (Å²) in [7, 11) is 1.89. The first kappa shape index (κ1) is 16.4. The zero-order valence-electron chi connectivity index (χ0n) is 13.8. The number of sulfonamides is 1. The number of hydrogen-bond donors (Lipinski definition) is 1. The molecule has 8 heteroatoms. The van der Waals surface area contributed by atoms with Gasteiger partial charge in [-0.25, -0.2) is 13.4 Å². The maximum Gasteiger partial charge on any atom is 0.265 e. The molecule has 0 atom stereocenters. The largest absolute Gasteiger partial charge is 0.304 e. The van der Waals surface area contributed by atoms with Crippen LogP contribution in [0.2, 0.25) is 0 Å². The molecule has 0 spiro atoms. The van der Waals surface area contributed by atoms with Gasteiger partial charge in [-0.1, -0.05) is 18.2 Å². The number of hydrogen-bond acceptors (Lipinski definition) is 5. The molecule has 2 heterocycles. The number of aromatic nitrogens is 3. The van der Waals surface area contributed by atoms with Crippen molar-refractivity contribution in [2.75, 3.05) is 18.8 Å². The van der Waals surface area contributed by atoms with Crippen LogP contribution in [0.4, 0.5) is 5.69 Å². The fraction of sp³-hybridized carbons (Fsp3) is 0.250. The van der Waals surface area contributed by atoms with Crippen LogP contribution >= 0.6 is 0 Å². The van der Waals surface area contributed by atoms with E-state index >= 15 is 0 Å². The summed E-state index contributed by atoms with van der Waals surface area (Å²) in [4.78, 5) is 6.74. The van der Waals surface area contributed by atoms with Crippen LogP contribution in [0.15, 0.2) is 47.6 Å². The second kappa shape index (κ2) is 6.21. The highest BCUT2D eigenvalue weighted by Crippen LogP contribution is 2.24. The fourth-order valence-electron chi connectivity index (χ4n) is 2.42. The van der Waals surface area contributed by atoms with Crippen molar-refractivity contribution < 1.29 is 8.42 Å². The molecule has 2 aromatic heterocycles. The van der Waals surface area contributed by atoms with E-state index in [0.717, 1.165) is 11.1 Å². The Morgan fingerprint density at radius 2 is 2.00 bits per heavy atom. The molecule has 24 heavy (non-hydrogen) atoms. The van der Waals surface area contributed by atoms with E-state index in [1.807, 2.05) is 37.2 Å². The summed E-state index contributed by atoms with van der Waals surface area (Å²) in [5.41, 5.74) is 1.96. The SMILES string of the molecule is CN(C)Cc1ccc2cccc(NS(=O)(=O)c3cnn(C)c3)c2n1. The van der Waals surface area contributed by atoms with Crippen molar-refractivity contribution >= 4 is 26.6 Å². The van der Waals surface area contributed by atoms with E-state index in [2.05, 4.69) is 14.8 Å². The molecule has 0 bridgehead atoms. The highest BCUT2D eigenvalue weighted by molar-refractivity contribution is 7.92. The number of nitrogens with zero attached hydrogens (tertiary/aromatic N) is 4. The summed E-state index contributed by atoms with van der Waals surface area (Å²) in [6.45, 7) is 0.680. The van der Waals surface area contributed by atoms with Gasteiger partial charge in [0.2, 0.25) is 0 Å². The van der Waals surface area contributed by atoms with Gasteiger partial charge in [-0.15, -0.1) is 0 Å². The van der Waals surface area contributed by atoms with Gasteiger partial charge in [0.15, 0.2) is 0 Å². The van der Waals surface area contributed by atoms with Gasteiger partial charge in [0.25, 0.3) is 10.0 Å². The Morgan fingerprint density at radius 1 is 1.21 bits per heavy atom. The van der Waals surface area contributed by atoms with Crippen molar-refractivity contribution in [2.45, 2.75) is 11.4 Å². The number of pyridine rings is 1. The van der Waals surface area contributed by atoms with Gasteiger partial charge in [0.05, 0.1) is 23.1 Å². The Kier molecular flexibility index (Phi) is 4.25. The van der Waals surface area contributed by atoms with Crippen molar-refractivity contribution in [1.29, 1.82) is 0 Å². The standard InChI is InChI=1S/C16H19N5O2S/c1-20(2)10-13-8-7-12-5-4-6-15(16(12)18-13)19-24(22,23)14-9-17-21(3)11-14/h4-9,11,19H,10H2,1-3H3. The summed E-state index contributed by atoms with van der Waals surface area (Å²) in [5.74, 6) is 0. The number of aryl methyl sites for hydroxylation is 1. The summed E-state index contributed by atoms with van der Waals surface area (Å²) >= 11 is 0. The normalized spacial score (nSPS) is 12.0. The van der Waals surface area contributed by atoms with Gasteiger partial charge in [-0.3, -0.25) is 9.40 Å². The lowest BCUT2D eigenvalue weighted by molar-refractivity contribution is 0.397. The van der Waals surface area contributed by atoms with Crippen LogP contribution in [0.3, 0.4) is 0 Å². The molecule has 0 aliphatic rings. The monoisotopic (exact) mass is 345 g/mol. The van der Waals surface area contributed by atoms with Crippen LogP contribution < -0.4 is 4.72 Å². The minimum absolute atomic E-state index is 0.117. The molecule has 126 valence electrons. The average Bonchev–Trinajstić information content (AvgIpc) is 2.94. The third kappa shape index (κ3) is 3.39. The predicted octanol–water partition coefficient (Wildman–Crippen LogP) is 1.83. The van der Waals surface area contributed by atoms with E-state index in [-0.39, 0.29) is 4.90 Å². The number of para-hydroxylation sites is 1. The third-order valence-corrected chi connectivity index (χ3v) is 4.81. The Bertz CT molecular complexity index is 979. The second-order valence-electron chi connectivity index (χ2n) is 5.87. The molecule has 7 nitrogen and oxygen atoms in total. The smallest absolute Gasteiger partial charge is 0.265 e. The average molecular weight is 345 g/mol. The summed E-state index contributed by atoms with van der Waals surface area (Å²) in [6, 6.07) is 9.31. The number of fused-ring (bicyclic) bond motifs is 1. The molecular formula is C16H19N5O2S. The highest BCUT2D eigenvalue weighted by atomic mass is 32.2. The van der Waals surface area contributed by atoms with Crippen molar-refractivity contribution in [3.05, 3.63) is 48.4 Å². The maximum absolute atomic E-state index is 12.5. The summed E-state index contributed by atoms with van der Waals surface area (Å²) in [6.07, 6.45) is 2.77. The molecule has 0 amide bonds. The van der Waals surface area contributed by atoms with Gasteiger partial charge in [-0.2, -0.15) is 5.10 Å². The van der Waals surface area contributed by atoms with Gasteiger partial charge >= 0.3 is 0 Å². The Labute approximate surface area is 141 Å². The van der Waals surface area contributed by atoms with Gasteiger partial charge in [-0.05, 0) is 26.2 Å². The molecule has 0 aliphatic heterocycles. The van der Waals surface area contributed by atoms with Crippen LogP contribution in [0.25, 0.3) is 10.9 Å². The van der Waals surface area contributed by atoms with E-state index < -0.39 is 10.0 Å². The maximum atomic E-state index is 12.5. The predicted molar refractivity (Wildman–Crippen MR) is 93.2 cm³/mol. The summed E-state index contributed by atoms with van der Waals surface area (Å²) in [5, 5.41) is 4.79. The molecule has 0 unspecified atom stereocenters. The Hall–Kier alpha value is -2.45. The molecule has 3 rings (SSSR count). The minimum atomic E-state index is -3.70. The quantitative estimate of drug-likeness (QED) is 0.763. The molecule has 0 saturated heterocycles. The van der Waals surface area contributed by atoms with Crippen LogP contribution in [0.1, 0.15) is 5.69 Å². The molecule has 3 aromatic rings. The van der Waals surface area contributed by atoms with E-state index in [1.165, 1.54) is 17.1 Å². The van der Waals surface area contributed by atoms with E-state index in [1.54, 1.807) is 19.2 Å². The van der Waals surface area contributed by atoms with E-state index in [9.17, 15) is 8.42 Å². The molecule has 1 aromatic carbocycles. The number of nitrogens with one attached hydrogen (secondary N) is 1. The van der Waals surface area contributed by atoms with Gasteiger partial charge in [0, 0.05) is 25.2 Å². The Morgan fingerprint density at radius 3 is 2.67 bits per heavy atom. The zero-order chi connectivity index (χ0) is 17.3. The first-order valence-electron chi connectivity index (χ1n) is 7.40. The van der Waals surface area contributed by atoms with E-state index in [4.69, 9.17) is 0 Å². The molecule has 1 N–H and O–H groups in total. The van der Waals surface area contributed by atoms with Crippen molar-refractivity contribution in [1.82, 2.24) is 19.7 Å². The van der Waals surface area contributed by atoms with Gasteiger partial charge < -0.3 is 4.90 Å². The molecule has 0 radical (unpaired) electrons. The number of anilines is 1. The topological polar surface area (TPSA) is 80.1 Å². The lowest BCUT2D eigenvalue weighted by Crippen LogP contribution is -2.14. The van der Waals surface area contributed by atoms with Crippen LogP contribution in [0, 0.1) is 0 Å². The van der Waals surface area contributed by atoms with Crippen molar-refractivity contribution in [2.24, 2.45) is 7.05 Å². The lowest BCUT2D eigenvalue weighted by Gasteiger charge is -2.12. The molecule has 0 saturated carbocycles. The summed E-state index contributed by atoms with van der Waals surface area (Å²) < 4.78 is 29.1. The van der Waals surface area contributed by atoms with Crippen LogP contribution in [0.5, 0.6) is 0 Å². The molecule has 0 aliphatic carbocycles. The minimum Gasteiger partial charge on any atom is -0.304 e. The van der Waals surface area contributed by atoms with Crippen LogP contribution in [-0.4, -0.2) is 42.2 Å². The highest BCUT2D eigenvalue weighted by Gasteiger charge is 2.18. The lowest BCUT2D eigenvalue weighted by atomic mass is 10.2. The van der Waals surface area contributed by atoms with Gasteiger partial charge in [0.1, 0.15) is 4.90 Å². The number of benzene rings is 1. The first-order valence-corrected chi connectivity index (χ1v) is 8.88. The fourth-order valence-corrected chi connectivity index (χ4v) is 3.47. The Balaban J connectivity index is 2.02. The third-order valence-electron chi connectivity index (χ3n) is 3.49. The molecule has 0 fully saturated rings.